The summed E-state index contributed by atoms with van der Waals surface area (Å²) < 4.78 is 5.30. The number of phenolic OH excluding ortho intramolecular Hbond substituents is 1. The number of unbranched alkanes of at least 4 members (excludes halogenated alkanes) is 2. The van der Waals surface area contributed by atoms with Crippen LogP contribution in [-0.4, -0.2) is 70.9 Å². The van der Waals surface area contributed by atoms with Gasteiger partial charge in [-0.1, -0.05) is 79.6 Å². The number of fused-ring (bicyclic) bond motifs is 2. The standard InChI is InChI=1S/C52H64N4O6/c53-51-28-38(19-18-37-12-7-11-36(23-37)17-16-35-9-3-1-4-10-35)41(32-56-51)25-40-27-49(61)50(62-34-58)30-48(40)43(33-57)26-45(60)29-44(59)14-5-2-6-15-47-46-20-22-54-31-42(46)24-39-13-8-21-55-52(39)47/h1,3-4,7-13,23,26-28,30,32,39,42,46-47,52,54-55,57-58,61H,2,5-6,14-22,24-25,29,31,33-34H2,(H2,53,56)/b43-26+/t39-,42-,46-,47-,52-/m0/s1. The number of nitrogens with zero attached hydrogens (tertiary/aromatic N) is 1. The first-order valence-corrected chi connectivity index (χ1v) is 22.7. The molecular formula is C52H64N4O6. The summed E-state index contributed by atoms with van der Waals surface area (Å²) in [5.74, 6) is 2.43. The van der Waals surface area contributed by atoms with Gasteiger partial charge in [-0.25, -0.2) is 4.98 Å². The number of aliphatic hydroxyl groups excluding tert-OH is 2. The predicted molar refractivity (Wildman–Crippen MR) is 245 cm³/mol. The molecule has 2 fully saturated rings. The Kier molecular flexibility index (Phi) is 16.1. The molecule has 3 heterocycles. The zero-order valence-corrected chi connectivity index (χ0v) is 35.9. The second kappa shape index (κ2) is 22.3. The van der Waals surface area contributed by atoms with Crippen LogP contribution in [0.15, 0.2) is 97.2 Å². The molecule has 1 saturated heterocycles. The van der Waals surface area contributed by atoms with Crippen LogP contribution < -0.4 is 21.1 Å². The van der Waals surface area contributed by atoms with Gasteiger partial charge in [0.15, 0.2) is 24.1 Å². The van der Waals surface area contributed by atoms with Gasteiger partial charge in [-0.3, -0.25) is 9.59 Å². The maximum atomic E-state index is 13.4. The maximum absolute atomic E-state index is 13.4. The molecule has 1 aromatic heterocycles. The number of Topliss-reactive ketones (excluding diaryl/α,β-unsaturated/α-hetero) is 1. The number of hydrogen-bond acceptors (Lipinski definition) is 10. The van der Waals surface area contributed by atoms with E-state index in [1.54, 1.807) is 6.20 Å². The van der Waals surface area contributed by atoms with Crippen molar-refractivity contribution >= 4 is 23.0 Å². The highest BCUT2D eigenvalue weighted by Gasteiger charge is 2.44. The quantitative estimate of drug-likeness (QED) is 0.0168. The van der Waals surface area contributed by atoms with E-state index in [2.05, 4.69) is 76.3 Å². The van der Waals surface area contributed by atoms with Crippen molar-refractivity contribution in [2.24, 2.45) is 23.7 Å². The number of piperidine rings is 1. The number of rotatable bonds is 21. The van der Waals surface area contributed by atoms with Gasteiger partial charge >= 0.3 is 0 Å². The van der Waals surface area contributed by atoms with E-state index in [1.165, 1.54) is 47.7 Å². The van der Waals surface area contributed by atoms with Crippen LogP contribution in [0.5, 0.6) is 11.5 Å². The number of hydrogen-bond donors (Lipinski definition) is 6. The Morgan fingerprint density at radius 3 is 2.48 bits per heavy atom. The molecule has 0 amide bonds. The highest BCUT2D eigenvalue weighted by molar-refractivity contribution is 6.07. The summed E-state index contributed by atoms with van der Waals surface area (Å²) in [6, 6.07) is 24.6. The van der Waals surface area contributed by atoms with Crippen molar-refractivity contribution in [2.45, 2.75) is 89.5 Å². The van der Waals surface area contributed by atoms with Crippen LogP contribution in [0, 0.1) is 23.7 Å². The molecule has 4 aromatic rings. The first kappa shape index (κ1) is 44.9. The van der Waals surface area contributed by atoms with Gasteiger partial charge in [-0.2, -0.15) is 0 Å². The Balaban J connectivity index is 0.975. The molecule has 7 rings (SSSR count). The topological polar surface area (TPSA) is 167 Å². The zero-order chi connectivity index (χ0) is 43.3. The van der Waals surface area contributed by atoms with Crippen molar-refractivity contribution in [3.8, 4) is 11.5 Å². The van der Waals surface area contributed by atoms with E-state index in [-0.39, 0.29) is 29.3 Å². The summed E-state index contributed by atoms with van der Waals surface area (Å²) in [5, 5.41) is 38.5. The maximum Gasteiger partial charge on any atom is 0.186 e. The Labute approximate surface area is 366 Å². The summed E-state index contributed by atoms with van der Waals surface area (Å²) in [5.41, 5.74) is 13.2. The van der Waals surface area contributed by atoms with E-state index < -0.39 is 19.2 Å². The zero-order valence-electron chi connectivity index (χ0n) is 35.9. The smallest absolute Gasteiger partial charge is 0.186 e. The molecule has 3 aromatic carbocycles. The molecule has 10 nitrogen and oxygen atoms in total. The summed E-state index contributed by atoms with van der Waals surface area (Å²) in [6.45, 7) is 1.99. The molecule has 1 saturated carbocycles. The highest BCUT2D eigenvalue weighted by Crippen LogP contribution is 2.45. The Morgan fingerprint density at radius 1 is 0.887 bits per heavy atom. The number of carbonyl (C=O) groups is 2. The average molecular weight is 841 g/mol. The first-order valence-electron chi connectivity index (χ1n) is 22.7. The molecule has 2 aliphatic heterocycles. The fraction of sp³-hybridized carbons (Fsp3) is 0.442. The Morgan fingerprint density at radius 2 is 1.68 bits per heavy atom. The van der Waals surface area contributed by atoms with Crippen LogP contribution in [-0.2, 0) is 41.7 Å². The molecule has 0 spiro atoms. The number of allylic oxidation sites excluding steroid dienone is 1. The number of ketones is 2. The van der Waals surface area contributed by atoms with Gasteiger partial charge in [0.25, 0.3) is 0 Å². The SMILES string of the molecule is Nc1cc(CCc2cccc(CCc3ccccc3)c2)c(Cc2cc(O)c(OCO)cc2/C(=C/C(=O)CC(=O)CCCCC[C@H]2[C@H]3CCNC[C@@H]3C[C@@H]3C=CCN[C@H]23)CO)cn1. The first-order chi connectivity index (χ1) is 30.3. The molecule has 0 bridgehead atoms. The van der Waals surface area contributed by atoms with E-state index in [0.717, 1.165) is 87.5 Å². The van der Waals surface area contributed by atoms with Gasteiger partial charge in [0, 0.05) is 25.2 Å². The fourth-order valence-corrected chi connectivity index (χ4v) is 10.3. The summed E-state index contributed by atoms with van der Waals surface area (Å²) in [4.78, 5) is 30.9. The number of nitrogens with two attached hydrogens (primary N) is 1. The second-order valence-electron chi connectivity index (χ2n) is 17.6. The number of aryl methyl sites for hydroxylation is 4. The van der Waals surface area contributed by atoms with Crippen LogP contribution in [0.4, 0.5) is 5.82 Å². The third-order valence-electron chi connectivity index (χ3n) is 13.4. The van der Waals surface area contributed by atoms with E-state index >= 15 is 0 Å². The minimum atomic E-state index is -0.675. The van der Waals surface area contributed by atoms with Gasteiger partial charge < -0.3 is 36.4 Å². The number of nitrogens with one attached hydrogen (secondary N) is 2. The van der Waals surface area contributed by atoms with Gasteiger partial charge in [-0.05, 0) is 163 Å². The van der Waals surface area contributed by atoms with Gasteiger partial charge in [0.05, 0.1) is 13.0 Å². The Hall–Kier alpha value is -5.13. The molecule has 62 heavy (non-hydrogen) atoms. The van der Waals surface area contributed by atoms with E-state index in [1.807, 2.05) is 12.1 Å². The average Bonchev–Trinajstić information content (AvgIpc) is 3.28. The monoisotopic (exact) mass is 840 g/mol. The minimum absolute atomic E-state index is 0.00656. The number of pyridine rings is 1. The lowest BCUT2D eigenvalue weighted by Gasteiger charge is -2.50. The van der Waals surface area contributed by atoms with Crippen molar-refractivity contribution < 1.29 is 29.6 Å². The van der Waals surface area contributed by atoms with Gasteiger partial charge in [-0.15, -0.1) is 0 Å². The number of ether oxygens (including phenoxy) is 1. The van der Waals surface area contributed by atoms with Crippen molar-refractivity contribution in [3.05, 3.63) is 136 Å². The molecule has 328 valence electrons. The van der Waals surface area contributed by atoms with E-state index in [4.69, 9.17) is 10.5 Å². The minimum Gasteiger partial charge on any atom is -0.504 e. The van der Waals surface area contributed by atoms with Crippen LogP contribution in [0.2, 0.25) is 0 Å². The van der Waals surface area contributed by atoms with E-state index in [0.29, 0.717) is 54.1 Å². The van der Waals surface area contributed by atoms with Crippen LogP contribution in [0.3, 0.4) is 0 Å². The van der Waals surface area contributed by atoms with Crippen molar-refractivity contribution in [2.75, 3.05) is 38.8 Å². The van der Waals surface area contributed by atoms with E-state index in [9.17, 15) is 24.9 Å². The molecule has 0 radical (unpaired) electrons. The number of anilines is 1. The number of aliphatic hydroxyl groups is 2. The largest absolute Gasteiger partial charge is 0.504 e. The summed E-state index contributed by atoms with van der Waals surface area (Å²) in [7, 11) is 0. The molecule has 10 heteroatoms. The van der Waals surface area contributed by atoms with Crippen LogP contribution in [0.1, 0.15) is 90.3 Å². The lowest BCUT2D eigenvalue weighted by atomic mass is 9.61. The van der Waals surface area contributed by atoms with Gasteiger partial charge in [0.1, 0.15) is 11.6 Å². The van der Waals surface area contributed by atoms with Crippen molar-refractivity contribution in [1.29, 1.82) is 0 Å². The molecule has 5 atom stereocenters. The number of phenols is 1. The molecule has 1 aliphatic carbocycles. The second-order valence-corrected chi connectivity index (χ2v) is 17.6. The third-order valence-corrected chi connectivity index (χ3v) is 13.4. The number of benzene rings is 3. The fourth-order valence-electron chi connectivity index (χ4n) is 10.3. The van der Waals surface area contributed by atoms with Crippen molar-refractivity contribution in [3.63, 3.8) is 0 Å². The summed E-state index contributed by atoms with van der Waals surface area (Å²) in [6.07, 6.45) is 17.9. The Bertz CT molecular complexity index is 2190. The number of nitrogen functional groups attached to an aromatic ring is 1. The van der Waals surface area contributed by atoms with Crippen LogP contribution in [0.25, 0.3) is 5.57 Å². The third kappa shape index (κ3) is 12.1. The summed E-state index contributed by atoms with van der Waals surface area (Å²) >= 11 is 0. The van der Waals surface area contributed by atoms with Crippen LogP contribution >= 0.6 is 0 Å². The molecular weight excluding hydrogens is 777 g/mol. The molecule has 0 unspecified atom stereocenters. The number of aromatic hydroxyl groups is 1. The lowest BCUT2D eigenvalue weighted by Crippen LogP contribution is -2.55. The highest BCUT2D eigenvalue weighted by atomic mass is 16.6. The normalized spacial score (nSPS) is 20.9. The predicted octanol–water partition coefficient (Wildman–Crippen LogP) is 7.10. The number of aromatic nitrogens is 1. The van der Waals surface area contributed by atoms with Gasteiger partial charge in [0.2, 0.25) is 0 Å². The lowest BCUT2D eigenvalue weighted by molar-refractivity contribution is -0.124. The molecule has 7 N–H and O–H groups in total. The molecule has 3 aliphatic rings. The number of carbonyl (C=O) groups excluding carboxylic acids is 2. The van der Waals surface area contributed by atoms with Crippen molar-refractivity contribution in [1.82, 2.24) is 15.6 Å².